The van der Waals surface area contributed by atoms with E-state index in [2.05, 4.69) is 29.7 Å². The molecule has 1 amide bonds. The van der Waals surface area contributed by atoms with Crippen molar-refractivity contribution in [3.8, 4) is 6.07 Å². The van der Waals surface area contributed by atoms with Crippen LogP contribution in [0.2, 0.25) is 0 Å². The quantitative estimate of drug-likeness (QED) is 0.906. The Morgan fingerprint density at radius 3 is 2.23 bits per heavy atom. The van der Waals surface area contributed by atoms with E-state index in [9.17, 15) is 4.79 Å². The normalized spacial score (nSPS) is 9.91. The van der Waals surface area contributed by atoms with Crippen LogP contribution in [0.3, 0.4) is 0 Å². The molecular weight excluding hydrogens is 274 g/mol. The first-order valence-electron chi connectivity index (χ1n) is 7.11. The van der Waals surface area contributed by atoms with Crippen molar-refractivity contribution in [3.05, 3.63) is 58.7 Å². The molecule has 0 heterocycles. The summed E-state index contributed by atoms with van der Waals surface area (Å²) in [5, 5.41) is 14.7. The van der Waals surface area contributed by atoms with Gasteiger partial charge in [0.25, 0.3) is 0 Å². The molecule has 112 valence electrons. The van der Waals surface area contributed by atoms with Crippen molar-refractivity contribution in [2.45, 2.75) is 20.8 Å². The third-order valence-corrected chi connectivity index (χ3v) is 3.40. The van der Waals surface area contributed by atoms with Crippen molar-refractivity contribution in [1.29, 1.82) is 5.26 Å². The molecule has 0 spiro atoms. The Bertz CT molecular complexity index is 704. The maximum Gasteiger partial charge on any atom is 0.243 e. The lowest BCUT2D eigenvalue weighted by molar-refractivity contribution is -0.114. The number of benzene rings is 2. The lowest BCUT2D eigenvalue weighted by atomic mass is 10.1. The van der Waals surface area contributed by atoms with Crippen molar-refractivity contribution in [3.63, 3.8) is 0 Å². The molecular formula is C18H19N3O. The molecule has 0 fully saturated rings. The molecule has 22 heavy (non-hydrogen) atoms. The number of nitrogens with one attached hydrogen (secondary N) is 2. The van der Waals surface area contributed by atoms with Crippen LogP contribution in [-0.2, 0) is 4.79 Å². The second kappa shape index (κ2) is 6.77. The summed E-state index contributed by atoms with van der Waals surface area (Å²) in [7, 11) is 0. The Kier molecular flexibility index (Phi) is 4.80. The molecule has 0 aliphatic heterocycles. The molecule has 0 saturated carbocycles. The lowest BCUT2D eigenvalue weighted by Gasteiger charge is -2.14. The molecule has 0 aliphatic rings. The summed E-state index contributed by atoms with van der Waals surface area (Å²) in [6, 6.07) is 13.0. The van der Waals surface area contributed by atoms with Crippen molar-refractivity contribution in [2.75, 3.05) is 17.2 Å². The van der Waals surface area contributed by atoms with Crippen LogP contribution < -0.4 is 10.6 Å². The first-order valence-corrected chi connectivity index (χ1v) is 7.11. The molecule has 2 aromatic carbocycles. The molecule has 2 N–H and O–H groups in total. The lowest BCUT2D eigenvalue weighted by Crippen LogP contribution is -2.22. The smallest absolute Gasteiger partial charge is 0.243 e. The number of rotatable bonds is 4. The fourth-order valence-corrected chi connectivity index (χ4v) is 2.46. The largest absolute Gasteiger partial charge is 0.376 e. The van der Waals surface area contributed by atoms with Crippen molar-refractivity contribution in [2.24, 2.45) is 0 Å². The molecule has 4 nitrogen and oxygen atoms in total. The highest BCUT2D eigenvalue weighted by Gasteiger charge is 2.07. The van der Waals surface area contributed by atoms with Gasteiger partial charge in [-0.25, -0.2) is 0 Å². The van der Waals surface area contributed by atoms with Crippen LogP contribution in [0.15, 0.2) is 36.4 Å². The summed E-state index contributed by atoms with van der Waals surface area (Å²) in [6.45, 7) is 6.31. The van der Waals surface area contributed by atoms with Crippen molar-refractivity contribution in [1.82, 2.24) is 0 Å². The molecule has 2 rings (SSSR count). The first kappa shape index (κ1) is 15.6. The summed E-state index contributed by atoms with van der Waals surface area (Å²) < 4.78 is 0. The highest BCUT2D eigenvalue weighted by atomic mass is 16.1. The van der Waals surface area contributed by atoms with Crippen LogP contribution in [-0.4, -0.2) is 12.5 Å². The molecule has 0 atom stereocenters. The molecule has 0 aliphatic carbocycles. The number of carbonyl (C=O) groups is 1. The monoisotopic (exact) mass is 293 g/mol. The second-order valence-corrected chi connectivity index (χ2v) is 5.36. The Morgan fingerprint density at radius 2 is 1.68 bits per heavy atom. The number of anilines is 2. The number of carbonyl (C=O) groups excluding carboxylic acids is 1. The summed E-state index contributed by atoms with van der Waals surface area (Å²) >= 11 is 0. The number of hydrogen-bond donors (Lipinski definition) is 2. The maximum absolute atomic E-state index is 12.0. The zero-order valence-corrected chi connectivity index (χ0v) is 13.0. The molecule has 0 saturated heterocycles. The Hall–Kier alpha value is -2.80. The van der Waals surface area contributed by atoms with E-state index in [1.165, 1.54) is 5.56 Å². The van der Waals surface area contributed by atoms with Gasteiger partial charge >= 0.3 is 0 Å². The molecule has 2 aromatic rings. The number of nitriles is 1. The van der Waals surface area contributed by atoms with Gasteiger partial charge in [0.05, 0.1) is 18.2 Å². The highest BCUT2D eigenvalue weighted by molar-refractivity contribution is 5.94. The minimum atomic E-state index is -0.121. The standard InChI is InChI=1S/C18H19N3O/c1-12-8-13(2)18(14(3)9-12)20-11-17(22)21-16-6-4-15(10-19)5-7-16/h4-9,20H,11H2,1-3H3,(H,21,22). The fourth-order valence-electron chi connectivity index (χ4n) is 2.46. The van der Waals surface area contributed by atoms with E-state index in [1.54, 1.807) is 24.3 Å². The Labute approximate surface area is 130 Å². The zero-order valence-electron chi connectivity index (χ0n) is 13.0. The second-order valence-electron chi connectivity index (χ2n) is 5.36. The predicted octanol–water partition coefficient (Wildman–Crippen LogP) is 3.53. The van der Waals surface area contributed by atoms with Gasteiger partial charge in [-0.05, 0) is 56.2 Å². The fraction of sp³-hybridized carbons (Fsp3) is 0.222. The molecule has 0 bridgehead atoms. The minimum absolute atomic E-state index is 0.121. The third kappa shape index (κ3) is 3.86. The van der Waals surface area contributed by atoms with Gasteiger partial charge in [-0.2, -0.15) is 5.26 Å². The SMILES string of the molecule is Cc1cc(C)c(NCC(=O)Nc2ccc(C#N)cc2)c(C)c1. The minimum Gasteiger partial charge on any atom is -0.376 e. The van der Waals surface area contributed by atoms with Gasteiger partial charge < -0.3 is 10.6 Å². The van der Waals surface area contributed by atoms with E-state index in [4.69, 9.17) is 5.26 Å². The van der Waals surface area contributed by atoms with Gasteiger partial charge in [0, 0.05) is 11.4 Å². The van der Waals surface area contributed by atoms with Gasteiger partial charge in [0.2, 0.25) is 5.91 Å². The van der Waals surface area contributed by atoms with Crippen LogP contribution in [0.25, 0.3) is 0 Å². The molecule has 0 aromatic heterocycles. The summed E-state index contributed by atoms with van der Waals surface area (Å²) in [6.07, 6.45) is 0. The third-order valence-electron chi connectivity index (χ3n) is 3.40. The van der Waals surface area contributed by atoms with Crippen LogP contribution in [0.1, 0.15) is 22.3 Å². The van der Waals surface area contributed by atoms with E-state index in [-0.39, 0.29) is 12.5 Å². The molecule has 0 radical (unpaired) electrons. The van der Waals surface area contributed by atoms with Crippen LogP contribution >= 0.6 is 0 Å². The van der Waals surface area contributed by atoms with Gasteiger partial charge in [-0.15, -0.1) is 0 Å². The van der Waals surface area contributed by atoms with Crippen molar-refractivity contribution >= 4 is 17.3 Å². The zero-order chi connectivity index (χ0) is 16.1. The van der Waals surface area contributed by atoms with Crippen LogP contribution in [0, 0.1) is 32.1 Å². The van der Waals surface area contributed by atoms with E-state index in [1.807, 2.05) is 19.9 Å². The number of amides is 1. The maximum atomic E-state index is 12.0. The van der Waals surface area contributed by atoms with E-state index in [0.29, 0.717) is 11.3 Å². The van der Waals surface area contributed by atoms with Gasteiger partial charge in [-0.3, -0.25) is 4.79 Å². The molecule has 0 unspecified atom stereocenters. The predicted molar refractivity (Wildman–Crippen MR) is 88.9 cm³/mol. The summed E-state index contributed by atoms with van der Waals surface area (Å²) in [4.78, 5) is 12.0. The number of aryl methyl sites for hydroxylation is 3. The average molecular weight is 293 g/mol. The van der Waals surface area contributed by atoms with Gasteiger partial charge in [0.15, 0.2) is 0 Å². The van der Waals surface area contributed by atoms with E-state index in [0.717, 1.165) is 16.8 Å². The average Bonchev–Trinajstić information content (AvgIpc) is 2.47. The summed E-state index contributed by atoms with van der Waals surface area (Å²) in [5.74, 6) is -0.121. The number of hydrogen-bond acceptors (Lipinski definition) is 3. The van der Waals surface area contributed by atoms with Crippen molar-refractivity contribution < 1.29 is 4.79 Å². The highest BCUT2D eigenvalue weighted by Crippen LogP contribution is 2.21. The van der Waals surface area contributed by atoms with Crippen LogP contribution in [0.5, 0.6) is 0 Å². The Morgan fingerprint density at radius 1 is 1.09 bits per heavy atom. The van der Waals surface area contributed by atoms with Crippen LogP contribution in [0.4, 0.5) is 11.4 Å². The van der Waals surface area contributed by atoms with E-state index >= 15 is 0 Å². The Balaban J connectivity index is 1.97. The summed E-state index contributed by atoms with van der Waals surface area (Å²) in [5.41, 5.74) is 5.72. The van der Waals surface area contributed by atoms with Gasteiger partial charge in [0.1, 0.15) is 0 Å². The topological polar surface area (TPSA) is 64.9 Å². The molecule has 4 heteroatoms. The number of nitrogens with zero attached hydrogens (tertiary/aromatic N) is 1. The van der Waals surface area contributed by atoms with E-state index < -0.39 is 0 Å². The van der Waals surface area contributed by atoms with Gasteiger partial charge in [-0.1, -0.05) is 17.7 Å². The first-order chi connectivity index (χ1) is 10.5.